The van der Waals surface area contributed by atoms with Gasteiger partial charge in [-0.15, -0.1) is 0 Å². The Morgan fingerprint density at radius 3 is 2.47 bits per heavy atom. The summed E-state index contributed by atoms with van der Waals surface area (Å²) in [7, 11) is 1.98. The molecule has 0 saturated carbocycles. The molecule has 0 radical (unpaired) electrons. The molecule has 2 heteroatoms. The molecule has 1 aromatic carbocycles. The summed E-state index contributed by atoms with van der Waals surface area (Å²) >= 11 is 0. The summed E-state index contributed by atoms with van der Waals surface area (Å²) in [5, 5.41) is 6.53. The Balaban J connectivity index is 2.28. The zero-order valence-corrected chi connectivity index (χ0v) is 10.1. The van der Waals surface area contributed by atoms with Crippen LogP contribution in [0, 0.1) is 13.8 Å². The fourth-order valence-electron chi connectivity index (χ4n) is 1.53. The molecular formula is C13H22N2. The Morgan fingerprint density at radius 2 is 1.80 bits per heavy atom. The van der Waals surface area contributed by atoms with E-state index < -0.39 is 0 Å². The van der Waals surface area contributed by atoms with Crippen LogP contribution in [0.1, 0.15) is 16.7 Å². The van der Waals surface area contributed by atoms with Crippen LogP contribution >= 0.6 is 0 Å². The molecule has 2 nitrogen and oxygen atoms in total. The molecule has 0 aliphatic heterocycles. The molecular weight excluding hydrogens is 184 g/mol. The topological polar surface area (TPSA) is 24.1 Å². The van der Waals surface area contributed by atoms with Crippen molar-refractivity contribution in [3.8, 4) is 0 Å². The highest BCUT2D eigenvalue weighted by Crippen LogP contribution is 2.09. The van der Waals surface area contributed by atoms with Gasteiger partial charge in [-0.2, -0.15) is 0 Å². The highest BCUT2D eigenvalue weighted by Gasteiger charge is 1.96. The second kappa shape index (κ2) is 6.59. The van der Waals surface area contributed by atoms with Gasteiger partial charge in [-0.3, -0.25) is 0 Å². The van der Waals surface area contributed by atoms with E-state index in [1.54, 1.807) is 0 Å². The summed E-state index contributed by atoms with van der Waals surface area (Å²) < 4.78 is 0. The van der Waals surface area contributed by atoms with Crippen LogP contribution in [0.25, 0.3) is 0 Å². The molecule has 0 atom stereocenters. The van der Waals surface area contributed by atoms with Crippen molar-refractivity contribution in [2.45, 2.75) is 20.3 Å². The van der Waals surface area contributed by atoms with Crippen molar-refractivity contribution < 1.29 is 0 Å². The van der Waals surface area contributed by atoms with Crippen molar-refractivity contribution in [1.82, 2.24) is 10.6 Å². The summed E-state index contributed by atoms with van der Waals surface area (Å²) in [6.45, 7) is 7.47. The van der Waals surface area contributed by atoms with Gasteiger partial charge in [0.1, 0.15) is 0 Å². The monoisotopic (exact) mass is 206 g/mol. The molecule has 0 amide bonds. The zero-order chi connectivity index (χ0) is 11.1. The third kappa shape index (κ3) is 4.45. The van der Waals surface area contributed by atoms with Gasteiger partial charge in [-0.25, -0.2) is 0 Å². The van der Waals surface area contributed by atoms with E-state index in [0.29, 0.717) is 0 Å². The Hall–Kier alpha value is -0.860. The largest absolute Gasteiger partial charge is 0.318 e. The van der Waals surface area contributed by atoms with Gasteiger partial charge in [0.25, 0.3) is 0 Å². The molecule has 0 heterocycles. The number of benzene rings is 1. The molecule has 2 N–H and O–H groups in total. The molecule has 0 fully saturated rings. The predicted octanol–water partition coefficient (Wildman–Crippen LogP) is 1.65. The molecule has 0 aliphatic rings. The van der Waals surface area contributed by atoms with Crippen LogP contribution in [0.3, 0.4) is 0 Å². The van der Waals surface area contributed by atoms with Crippen LogP contribution in [-0.2, 0) is 6.42 Å². The standard InChI is InChI=1S/C13H22N2/c1-11-4-5-13(10-12(11)2)6-7-15-9-8-14-3/h4-5,10,14-15H,6-9H2,1-3H3. The molecule has 0 saturated heterocycles. The SMILES string of the molecule is CNCCNCCc1ccc(C)c(C)c1. The van der Waals surface area contributed by atoms with Crippen molar-refractivity contribution in [1.29, 1.82) is 0 Å². The van der Waals surface area contributed by atoms with Gasteiger partial charge in [-0.1, -0.05) is 18.2 Å². The van der Waals surface area contributed by atoms with E-state index in [4.69, 9.17) is 0 Å². The van der Waals surface area contributed by atoms with Gasteiger partial charge in [0.15, 0.2) is 0 Å². The molecule has 15 heavy (non-hydrogen) atoms. The van der Waals surface area contributed by atoms with E-state index in [-0.39, 0.29) is 0 Å². The second-order valence-electron chi connectivity index (χ2n) is 4.02. The lowest BCUT2D eigenvalue weighted by Gasteiger charge is -2.06. The fourth-order valence-corrected chi connectivity index (χ4v) is 1.53. The van der Waals surface area contributed by atoms with E-state index in [1.165, 1.54) is 16.7 Å². The van der Waals surface area contributed by atoms with Crippen molar-refractivity contribution in [2.75, 3.05) is 26.7 Å². The van der Waals surface area contributed by atoms with Gasteiger partial charge < -0.3 is 10.6 Å². The Bertz CT molecular complexity index is 295. The summed E-state index contributed by atoms with van der Waals surface area (Å²) in [4.78, 5) is 0. The Labute approximate surface area is 93.1 Å². The van der Waals surface area contributed by atoms with Gasteiger partial charge in [0.05, 0.1) is 0 Å². The molecule has 0 bridgehead atoms. The predicted molar refractivity (Wildman–Crippen MR) is 66.4 cm³/mol. The first-order valence-corrected chi connectivity index (χ1v) is 5.65. The molecule has 0 spiro atoms. The average Bonchev–Trinajstić information content (AvgIpc) is 2.23. The summed E-state index contributed by atoms with van der Waals surface area (Å²) in [6.07, 6.45) is 1.12. The summed E-state index contributed by atoms with van der Waals surface area (Å²) in [5.74, 6) is 0. The van der Waals surface area contributed by atoms with Gasteiger partial charge in [-0.05, 0) is 50.6 Å². The lowest BCUT2D eigenvalue weighted by Crippen LogP contribution is -2.26. The van der Waals surface area contributed by atoms with Crippen LogP contribution in [0.5, 0.6) is 0 Å². The van der Waals surface area contributed by atoms with Crippen molar-refractivity contribution in [2.24, 2.45) is 0 Å². The first-order valence-electron chi connectivity index (χ1n) is 5.65. The van der Waals surface area contributed by atoms with Crippen LogP contribution in [-0.4, -0.2) is 26.7 Å². The van der Waals surface area contributed by atoms with E-state index in [9.17, 15) is 0 Å². The minimum absolute atomic E-state index is 1.03. The second-order valence-corrected chi connectivity index (χ2v) is 4.02. The van der Waals surface area contributed by atoms with Crippen molar-refractivity contribution in [3.63, 3.8) is 0 Å². The first kappa shape index (κ1) is 12.2. The normalized spacial score (nSPS) is 10.6. The number of aryl methyl sites for hydroxylation is 2. The molecule has 1 aromatic rings. The average molecular weight is 206 g/mol. The summed E-state index contributed by atoms with van der Waals surface area (Å²) in [6, 6.07) is 6.72. The minimum Gasteiger partial charge on any atom is -0.318 e. The maximum absolute atomic E-state index is 3.41. The van der Waals surface area contributed by atoms with E-state index in [0.717, 1.165) is 26.1 Å². The van der Waals surface area contributed by atoms with Crippen molar-refractivity contribution >= 4 is 0 Å². The zero-order valence-electron chi connectivity index (χ0n) is 10.1. The van der Waals surface area contributed by atoms with Gasteiger partial charge in [0, 0.05) is 13.1 Å². The van der Waals surface area contributed by atoms with E-state index in [2.05, 4.69) is 42.7 Å². The number of rotatable bonds is 6. The van der Waals surface area contributed by atoms with Crippen LogP contribution < -0.4 is 10.6 Å². The Morgan fingerprint density at radius 1 is 1.00 bits per heavy atom. The third-order valence-corrected chi connectivity index (χ3v) is 2.71. The minimum atomic E-state index is 1.03. The number of likely N-dealkylation sites (N-methyl/N-ethyl adjacent to an activating group) is 1. The quantitative estimate of drug-likeness (QED) is 0.692. The van der Waals surface area contributed by atoms with Crippen LogP contribution in [0.4, 0.5) is 0 Å². The smallest absolute Gasteiger partial charge is 0.00767 e. The van der Waals surface area contributed by atoms with Gasteiger partial charge >= 0.3 is 0 Å². The molecule has 1 rings (SSSR count). The third-order valence-electron chi connectivity index (χ3n) is 2.71. The van der Waals surface area contributed by atoms with Crippen molar-refractivity contribution in [3.05, 3.63) is 34.9 Å². The highest BCUT2D eigenvalue weighted by atomic mass is 14.9. The van der Waals surface area contributed by atoms with Crippen LogP contribution in [0.2, 0.25) is 0 Å². The maximum Gasteiger partial charge on any atom is 0.00767 e. The maximum atomic E-state index is 3.41. The van der Waals surface area contributed by atoms with E-state index in [1.807, 2.05) is 7.05 Å². The highest BCUT2D eigenvalue weighted by molar-refractivity contribution is 5.29. The molecule has 0 aliphatic carbocycles. The Kier molecular flexibility index (Phi) is 5.37. The van der Waals surface area contributed by atoms with E-state index >= 15 is 0 Å². The lowest BCUT2D eigenvalue weighted by molar-refractivity contribution is 0.649. The molecule has 0 aromatic heterocycles. The molecule has 0 unspecified atom stereocenters. The fraction of sp³-hybridized carbons (Fsp3) is 0.538. The molecule has 84 valence electrons. The number of hydrogen-bond acceptors (Lipinski definition) is 2. The van der Waals surface area contributed by atoms with Gasteiger partial charge in [0.2, 0.25) is 0 Å². The number of nitrogens with one attached hydrogen (secondary N) is 2. The first-order chi connectivity index (χ1) is 7.24. The van der Waals surface area contributed by atoms with Crippen LogP contribution in [0.15, 0.2) is 18.2 Å². The lowest BCUT2D eigenvalue weighted by atomic mass is 10.0. The number of hydrogen-bond donors (Lipinski definition) is 2. The summed E-state index contributed by atoms with van der Waals surface area (Å²) in [5.41, 5.74) is 4.19.